The van der Waals surface area contributed by atoms with Crippen molar-refractivity contribution in [1.82, 2.24) is 5.32 Å². The summed E-state index contributed by atoms with van der Waals surface area (Å²) < 4.78 is 0. The number of carbonyl (C=O) groups is 2. The maximum atomic E-state index is 13.1. The Bertz CT molecular complexity index is 1170. The van der Waals surface area contributed by atoms with Gasteiger partial charge in [-0.25, -0.2) is 0 Å². The minimum Gasteiger partial charge on any atom is -0.352 e. The van der Waals surface area contributed by atoms with E-state index in [-0.39, 0.29) is 11.8 Å². The third kappa shape index (κ3) is 5.02. The molecule has 1 atom stereocenters. The first-order chi connectivity index (χ1) is 16.1. The molecule has 3 aromatic carbocycles. The molecule has 1 unspecified atom stereocenters. The number of hydrogen-bond acceptors (Lipinski definition) is 4. The minimum atomic E-state index is -0.625. The Morgan fingerprint density at radius 1 is 1.03 bits per heavy atom. The molecular weight excluding hydrogens is 412 g/mol. The number of anilines is 1. The predicted molar refractivity (Wildman–Crippen MR) is 132 cm³/mol. The first kappa shape index (κ1) is 22.4. The van der Waals surface area contributed by atoms with E-state index in [4.69, 9.17) is 10.7 Å². The molecule has 0 fully saturated rings. The molecule has 0 radical (unpaired) electrons. The van der Waals surface area contributed by atoms with E-state index in [2.05, 4.69) is 17.6 Å². The van der Waals surface area contributed by atoms with Gasteiger partial charge in [0.2, 0.25) is 5.91 Å². The Balaban J connectivity index is 1.75. The third-order valence-electron chi connectivity index (χ3n) is 5.73. The molecule has 4 rings (SSSR count). The Morgan fingerprint density at radius 2 is 1.79 bits per heavy atom. The smallest absolute Gasteiger partial charge is 0.251 e. The normalized spacial score (nSPS) is 15.2. The molecule has 1 heterocycles. The summed E-state index contributed by atoms with van der Waals surface area (Å²) in [5, 5.41) is 5.90. The van der Waals surface area contributed by atoms with Gasteiger partial charge in [-0.05, 0) is 53.4 Å². The number of nitrogens with two attached hydrogens (primary N) is 1. The van der Waals surface area contributed by atoms with Gasteiger partial charge in [0.15, 0.2) is 0 Å². The summed E-state index contributed by atoms with van der Waals surface area (Å²) in [5.74, 6) is -0.922. The second-order valence-electron chi connectivity index (χ2n) is 8.07. The highest BCUT2D eigenvalue weighted by Gasteiger charge is 2.36. The largest absolute Gasteiger partial charge is 0.352 e. The van der Waals surface area contributed by atoms with Crippen LogP contribution in [0, 0.1) is 0 Å². The van der Waals surface area contributed by atoms with Crippen LogP contribution in [0.5, 0.6) is 0 Å². The van der Waals surface area contributed by atoms with Gasteiger partial charge in [0.25, 0.3) is 5.91 Å². The zero-order chi connectivity index (χ0) is 23.2. The van der Waals surface area contributed by atoms with Crippen molar-refractivity contribution in [3.63, 3.8) is 0 Å². The first-order valence-electron chi connectivity index (χ1n) is 11.3. The van der Waals surface area contributed by atoms with Crippen LogP contribution in [0.3, 0.4) is 0 Å². The molecule has 6 heteroatoms. The Labute approximate surface area is 193 Å². The fraction of sp³-hybridized carbons (Fsp3) is 0.222. The van der Waals surface area contributed by atoms with E-state index in [1.807, 2.05) is 54.6 Å². The summed E-state index contributed by atoms with van der Waals surface area (Å²) in [6, 6.07) is 22.7. The average molecular weight is 441 g/mol. The highest BCUT2D eigenvalue weighted by molar-refractivity contribution is 6.24. The number of benzene rings is 3. The Hall–Kier alpha value is -3.77. The molecule has 1 aliphatic heterocycles. The molecule has 1 aliphatic rings. The molecule has 33 heavy (non-hydrogen) atoms. The lowest BCUT2D eigenvalue weighted by molar-refractivity contribution is -0.115. The van der Waals surface area contributed by atoms with Gasteiger partial charge < -0.3 is 16.4 Å². The highest BCUT2D eigenvalue weighted by atomic mass is 16.2. The van der Waals surface area contributed by atoms with Crippen LogP contribution < -0.4 is 16.4 Å². The maximum Gasteiger partial charge on any atom is 0.251 e. The second-order valence-corrected chi connectivity index (χ2v) is 8.07. The van der Waals surface area contributed by atoms with Gasteiger partial charge in [0, 0.05) is 24.3 Å². The number of fused-ring (bicyclic) bond motifs is 1. The van der Waals surface area contributed by atoms with Gasteiger partial charge in [-0.15, -0.1) is 0 Å². The summed E-state index contributed by atoms with van der Waals surface area (Å²) in [7, 11) is 0. The summed E-state index contributed by atoms with van der Waals surface area (Å²) in [6.45, 7) is 3.16. The van der Waals surface area contributed by atoms with E-state index >= 15 is 0 Å². The lowest BCUT2D eigenvalue weighted by atomic mass is 9.89. The predicted octanol–water partition coefficient (Wildman–Crippen LogP) is 4.53. The van der Waals surface area contributed by atoms with E-state index in [1.54, 1.807) is 18.2 Å². The van der Waals surface area contributed by atoms with E-state index in [9.17, 15) is 9.59 Å². The van der Waals surface area contributed by atoms with Crippen LogP contribution in [0.4, 0.5) is 11.4 Å². The third-order valence-corrected chi connectivity index (χ3v) is 5.73. The van der Waals surface area contributed by atoms with Crippen molar-refractivity contribution >= 4 is 28.9 Å². The molecule has 0 saturated heterocycles. The van der Waals surface area contributed by atoms with Crippen molar-refractivity contribution in [3.8, 4) is 0 Å². The summed E-state index contributed by atoms with van der Waals surface area (Å²) in [6.07, 6.45) is 1.93. The van der Waals surface area contributed by atoms with E-state index < -0.39 is 5.92 Å². The quantitative estimate of drug-likeness (QED) is 0.355. The molecule has 0 aliphatic carbocycles. The molecule has 4 N–H and O–H groups in total. The summed E-state index contributed by atoms with van der Waals surface area (Å²) in [4.78, 5) is 30.6. The number of hydrogen-bond donors (Lipinski definition) is 3. The fourth-order valence-electron chi connectivity index (χ4n) is 3.91. The lowest BCUT2D eigenvalue weighted by Crippen LogP contribution is -2.25. The molecule has 0 saturated carbocycles. The van der Waals surface area contributed by atoms with Crippen LogP contribution in [-0.2, 0) is 11.3 Å². The van der Waals surface area contributed by atoms with E-state index in [0.29, 0.717) is 30.1 Å². The van der Waals surface area contributed by atoms with Crippen LogP contribution in [0.2, 0.25) is 0 Å². The second kappa shape index (κ2) is 10.2. The first-order valence-corrected chi connectivity index (χ1v) is 11.3. The molecule has 6 nitrogen and oxygen atoms in total. The molecule has 0 bridgehead atoms. The van der Waals surface area contributed by atoms with Crippen LogP contribution in [0.15, 0.2) is 77.8 Å². The van der Waals surface area contributed by atoms with Crippen molar-refractivity contribution in [2.75, 3.05) is 11.9 Å². The van der Waals surface area contributed by atoms with E-state index in [1.165, 1.54) is 0 Å². The van der Waals surface area contributed by atoms with Crippen molar-refractivity contribution in [2.24, 2.45) is 10.7 Å². The van der Waals surface area contributed by atoms with Gasteiger partial charge in [0.05, 0.1) is 11.4 Å². The van der Waals surface area contributed by atoms with Crippen molar-refractivity contribution < 1.29 is 9.59 Å². The lowest BCUT2D eigenvalue weighted by Gasteiger charge is -2.15. The molecular formula is C27H28N4O2. The minimum absolute atomic E-state index is 0.139. The number of amides is 2. The summed E-state index contributed by atoms with van der Waals surface area (Å²) in [5.41, 5.74) is 10.9. The molecule has 0 aromatic heterocycles. The zero-order valence-electron chi connectivity index (χ0n) is 18.7. The summed E-state index contributed by atoms with van der Waals surface area (Å²) >= 11 is 0. The number of carbonyl (C=O) groups excluding carboxylic acids is 2. The standard InChI is InChI=1S/C27H28N4O2/c1-2-3-15-29-26(32)20-11-14-23-22(16-20)24(27(33)31-23)25(19-7-5-4-6-8-19)30-21-12-9-18(17-28)10-13-21/h4-14,16,24H,2-3,15,17,28H2,1H3,(H,29,32)(H,31,33). The fourth-order valence-corrected chi connectivity index (χ4v) is 3.91. The molecule has 168 valence electrons. The molecule has 2 amide bonds. The number of nitrogens with one attached hydrogen (secondary N) is 2. The number of nitrogens with zero attached hydrogens (tertiary/aromatic N) is 1. The number of unbranched alkanes of at least 4 members (excludes halogenated alkanes) is 1. The van der Waals surface area contributed by atoms with Crippen LogP contribution in [0.25, 0.3) is 0 Å². The van der Waals surface area contributed by atoms with E-state index in [0.717, 1.165) is 35.2 Å². The van der Waals surface area contributed by atoms with Crippen LogP contribution in [-0.4, -0.2) is 24.1 Å². The SMILES string of the molecule is CCCCNC(=O)c1ccc2c(c1)C(C(=Nc1ccc(CN)cc1)c1ccccc1)C(=O)N2. The maximum absolute atomic E-state index is 13.1. The van der Waals surface area contributed by atoms with Crippen LogP contribution in [0.1, 0.15) is 52.7 Å². The van der Waals surface area contributed by atoms with Crippen molar-refractivity contribution in [3.05, 3.63) is 95.1 Å². The topological polar surface area (TPSA) is 96.6 Å². The average Bonchev–Trinajstić information content (AvgIpc) is 3.18. The van der Waals surface area contributed by atoms with Gasteiger partial charge in [-0.3, -0.25) is 14.6 Å². The molecule has 0 spiro atoms. The zero-order valence-corrected chi connectivity index (χ0v) is 18.7. The highest BCUT2D eigenvalue weighted by Crippen LogP contribution is 2.37. The Morgan fingerprint density at radius 3 is 2.48 bits per heavy atom. The van der Waals surface area contributed by atoms with Crippen molar-refractivity contribution in [2.45, 2.75) is 32.2 Å². The molecule has 3 aromatic rings. The monoisotopic (exact) mass is 440 g/mol. The number of aliphatic imine (C=N–C) groups is 1. The van der Waals surface area contributed by atoms with Crippen LogP contribution >= 0.6 is 0 Å². The van der Waals surface area contributed by atoms with Gasteiger partial charge in [0.1, 0.15) is 5.92 Å². The van der Waals surface area contributed by atoms with Gasteiger partial charge in [-0.2, -0.15) is 0 Å². The van der Waals surface area contributed by atoms with Crippen molar-refractivity contribution in [1.29, 1.82) is 0 Å². The Kier molecular flexibility index (Phi) is 6.95. The van der Waals surface area contributed by atoms with Gasteiger partial charge >= 0.3 is 0 Å². The van der Waals surface area contributed by atoms with Gasteiger partial charge in [-0.1, -0.05) is 55.8 Å². The number of rotatable bonds is 8.